The van der Waals surface area contributed by atoms with Crippen molar-refractivity contribution in [2.45, 2.75) is 51.4 Å². The van der Waals surface area contributed by atoms with E-state index >= 15 is 0 Å². The molecule has 0 atom stereocenters. The molecule has 0 saturated carbocycles. The van der Waals surface area contributed by atoms with Crippen LogP contribution in [0.1, 0.15) is 50.5 Å². The molecule has 2 N–H and O–H groups in total. The maximum Gasteiger partial charge on any atom is 0.163 e. The number of H-pyrrole nitrogens is 2. The van der Waals surface area contributed by atoms with Crippen LogP contribution in [0.3, 0.4) is 0 Å². The van der Waals surface area contributed by atoms with Gasteiger partial charge in [0.15, 0.2) is 11.5 Å². The molecule has 0 fully saturated rings. The van der Waals surface area contributed by atoms with Gasteiger partial charge in [0.25, 0.3) is 0 Å². The van der Waals surface area contributed by atoms with E-state index in [1.807, 2.05) is 0 Å². The third-order valence-corrected chi connectivity index (χ3v) is 6.54. The lowest BCUT2D eigenvalue weighted by Gasteiger charge is -2.16. The zero-order valence-corrected chi connectivity index (χ0v) is 19.6. The van der Waals surface area contributed by atoms with Crippen molar-refractivity contribution in [2.24, 2.45) is 0 Å². The Morgan fingerprint density at radius 2 is 1.09 bits per heavy atom. The summed E-state index contributed by atoms with van der Waals surface area (Å²) in [4.78, 5) is 17.0. The lowest BCUT2D eigenvalue weighted by molar-refractivity contribution is 0.409. The summed E-state index contributed by atoms with van der Waals surface area (Å²) >= 11 is 0. The average molecular weight is 431 g/mol. The Bertz CT molecular complexity index is 1260. The van der Waals surface area contributed by atoms with Gasteiger partial charge in [-0.05, 0) is 36.4 Å². The van der Waals surface area contributed by atoms with Crippen molar-refractivity contribution in [1.29, 1.82) is 0 Å². The maximum absolute atomic E-state index is 5.83. The molecule has 5 rings (SSSR count). The van der Waals surface area contributed by atoms with E-state index in [0.29, 0.717) is 0 Å². The molecule has 6 heteroatoms. The Morgan fingerprint density at radius 3 is 1.47 bits per heavy atom. The van der Waals surface area contributed by atoms with Gasteiger partial charge >= 0.3 is 0 Å². The smallest absolute Gasteiger partial charge is 0.163 e. The predicted octanol–water partition coefficient (Wildman–Crippen LogP) is 5.37. The van der Waals surface area contributed by atoms with Gasteiger partial charge < -0.3 is 19.4 Å². The molecule has 8 bridgehead atoms. The van der Waals surface area contributed by atoms with Crippen molar-refractivity contribution >= 4 is 22.1 Å². The molecule has 32 heavy (non-hydrogen) atoms. The summed E-state index contributed by atoms with van der Waals surface area (Å²) < 4.78 is 11.7. The molecular formula is C26H30N4O2. The molecule has 0 saturated heterocycles. The van der Waals surface area contributed by atoms with E-state index in [-0.39, 0.29) is 10.8 Å². The van der Waals surface area contributed by atoms with Crippen LogP contribution in [0.4, 0.5) is 0 Å². The normalized spacial score (nSPS) is 16.7. The predicted molar refractivity (Wildman–Crippen MR) is 128 cm³/mol. The summed E-state index contributed by atoms with van der Waals surface area (Å²) in [6.07, 6.45) is 1.61. The van der Waals surface area contributed by atoms with Gasteiger partial charge in [0, 0.05) is 46.1 Å². The number of methoxy groups -OCH3 is 2. The van der Waals surface area contributed by atoms with Crippen LogP contribution >= 0.6 is 0 Å². The number of ether oxygens (including phenoxy) is 2. The SMILES string of the molecule is COc1c2nc(cc3ccc([nH]3)c(OC)c3nc(cc4ccc1[nH]4)C(C)(C)C3)C(C)(C)C2. The van der Waals surface area contributed by atoms with Crippen molar-refractivity contribution in [1.82, 2.24) is 19.9 Å². The lowest BCUT2D eigenvalue weighted by atomic mass is 9.87. The second kappa shape index (κ2) is 7.12. The first-order valence-corrected chi connectivity index (χ1v) is 11.0. The summed E-state index contributed by atoms with van der Waals surface area (Å²) in [6, 6.07) is 12.5. The first-order chi connectivity index (χ1) is 15.2. The van der Waals surface area contributed by atoms with E-state index in [9.17, 15) is 0 Å². The van der Waals surface area contributed by atoms with Crippen LogP contribution in [-0.4, -0.2) is 34.2 Å². The van der Waals surface area contributed by atoms with E-state index in [1.165, 1.54) is 0 Å². The van der Waals surface area contributed by atoms with Crippen molar-refractivity contribution < 1.29 is 9.47 Å². The number of aromatic amines is 2. The van der Waals surface area contributed by atoms with Gasteiger partial charge in [-0.15, -0.1) is 0 Å². The number of hydrogen-bond donors (Lipinski definition) is 2. The second-order valence-corrected chi connectivity index (χ2v) is 10.0. The highest BCUT2D eigenvalue weighted by atomic mass is 16.5. The zero-order valence-electron chi connectivity index (χ0n) is 19.6. The van der Waals surface area contributed by atoms with E-state index in [0.717, 1.165) is 69.2 Å². The standard InChI is InChI=1S/C26H30N4O2/c1-25(2)13-19-23(31-5)17-10-8-16(28-17)12-22-26(3,4)14-20(30-22)24(32-6)18-9-7-15(27-18)11-21(25)29-19/h7-12,27-28H,13-14H2,1-6H3. The summed E-state index contributed by atoms with van der Waals surface area (Å²) in [7, 11) is 3.42. The summed E-state index contributed by atoms with van der Waals surface area (Å²) in [5.41, 5.74) is 7.58. The zero-order chi connectivity index (χ0) is 22.7. The largest absolute Gasteiger partial charge is 0.493 e. The number of nitrogens with one attached hydrogen (secondary N) is 2. The third kappa shape index (κ3) is 3.34. The Labute approximate surface area is 188 Å². The molecule has 2 aliphatic rings. The Morgan fingerprint density at radius 1 is 0.688 bits per heavy atom. The molecule has 0 aromatic carbocycles. The van der Waals surface area contributed by atoms with Crippen molar-refractivity contribution in [2.75, 3.05) is 14.2 Å². The van der Waals surface area contributed by atoms with Gasteiger partial charge in [-0.25, -0.2) is 0 Å². The molecule has 0 aliphatic carbocycles. The van der Waals surface area contributed by atoms with Gasteiger partial charge in [-0.3, -0.25) is 9.97 Å². The molecule has 0 radical (unpaired) electrons. The highest BCUT2D eigenvalue weighted by Gasteiger charge is 2.32. The van der Waals surface area contributed by atoms with E-state index < -0.39 is 0 Å². The average Bonchev–Trinajstić information content (AvgIpc) is 3.47. The Balaban J connectivity index is 1.92. The number of fused-ring (bicyclic) bond motifs is 8. The highest BCUT2D eigenvalue weighted by molar-refractivity contribution is 5.70. The third-order valence-electron chi connectivity index (χ3n) is 6.54. The minimum atomic E-state index is -0.100. The summed E-state index contributed by atoms with van der Waals surface area (Å²) in [5.74, 6) is 1.57. The fraction of sp³-hybridized carbons (Fsp3) is 0.385. The van der Waals surface area contributed by atoms with Crippen LogP contribution in [0.25, 0.3) is 22.1 Å². The molecule has 2 aliphatic heterocycles. The van der Waals surface area contributed by atoms with Crippen LogP contribution in [0.2, 0.25) is 0 Å². The lowest BCUT2D eigenvalue weighted by Crippen LogP contribution is -2.15. The fourth-order valence-electron chi connectivity index (χ4n) is 4.73. The molecule has 3 aromatic heterocycles. The van der Waals surface area contributed by atoms with Crippen molar-refractivity contribution in [3.8, 4) is 11.5 Å². The molecule has 0 amide bonds. The molecule has 166 valence electrons. The molecular weight excluding hydrogens is 400 g/mol. The number of aromatic nitrogens is 4. The van der Waals surface area contributed by atoms with E-state index in [4.69, 9.17) is 19.4 Å². The second-order valence-electron chi connectivity index (χ2n) is 10.0. The number of nitrogens with zero attached hydrogens (tertiary/aromatic N) is 2. The number of rotatable bonds is 2. The van der Waals surface area contributed by atoms with E-state index in [2.05, 4.69) is 74.1 Å². The maximum atomic E-state index is 5.83. The van der Waals surface area contributed by atoms with Gasteiger partial charge in [-0.1, -0.05) is 27.7 Å². The van der Waals surface area contributed by atoms with Gasteiger partial charge in [-0.2, -0.15) is 0 Å². The molecule has 6 nitrogen and oxygen atoms in total. The monoisotopic (exact) mass is 430 g/mol. The summed E-state index contributed by atoms with van der Waals surface area (Å²) in [5, 5.41) is 0. The minimum absolute atomic E-state index is 0.100. The van der Waals surface area contributed by atoms with Crippen LogP contribution in [-0.2, 0) is 23.7 Å². The Hall–Kier alpha value is -3.28. The Kier molecular flexibility index (Phi) is 4.59. The molecule has 5 heterocycles. The van der Waals surface area contributed by atoms with E-state index in [1.54, 1.807) is 14.2 Å². The van der Waals surface area contributed by atoms with Crippen molar-refractivity contribution in [3.05, 3.63) is 59.2 Å². The first-order valence-electron chi connectivity index (χ1n) is 11.0. The molecule has 0 spiro atoms. The number of hydrogen-bond acceptors (Lipinski definition) is 4. The van der Waals surface area contributed by atoms with Crippen LogP contribution in [0.15, 0.2) is 36.4 Å². The fourth-order valence-corrected chi connectivity index (χ4v) is 4.73. The van der Waals surface area contributed by atoms with Crippen molar-refractivity contribution in [3.63, 3.8) is 0 Å². The minimum Gasteiger partial charge on any atom is -0.493 e. The summed E-state index contributed by atoms with van der Waals surface area (Å²) in [6.45, 7) is 8.86. The van der Waals surface area contributed by atoms with Gasteiger partial charge in [0.05, 0.1) is 36.6 Å². The van der Waals surface area contributed by atoms with Crippen LogP contribution in [0, 0.1) is 0 Å². The van der Waals surface area contributed by atoms with Crippen LogP contribution < -0.4 is 9.47 Å². The molecule has 0 unspecified atom stereocenters. The first kappa shape index (κ1) is 20.6. The van der Waals surface area contributed by atoms with Gasteiger partial charge in [0.1, 0.15) is 0 Å². The van der Waals surface area contributed by atoms with Crippen LogP contribution in [0.5, 0.6) is 11.5 Å². The highest BCUT2D eigenvalue weighted by Crippen LogP contribution is 2.38. The quantitative estimate of drug-likeness (QED) is 0.573. The topological polar surface area (TPSA) is 75.8 Å². The molecule has 3 aromatic rings. The van der Waals surface area contributed by atoms with Gasteiger partial charge in [0.2, 0.25) is 0 Å².